The minimum absolute atomic E-state index is 0.329. The van der Waals surface area contributed by atoms with Gasteiger partial charge in [0, 0.05) is 11.9 Å². The first-order valence-electron chi connectivity index (χ1n) is 7.14. The van der Waals surface area contributed by atoms with Crippen molar-refractivity contribution in [3.05, 3.63) is 24.3 Å². The highest BCUT2D eigenvalue weighted by Gasteiger charge is 2.31. The van der Waals surface area contributed by atoms with E-state index in [9.17, 15) is 4.79 Å². The second kappa shape index (κ2) is 8.78. The maximum Gasteiger partial charge on any atom is 0.349 e. The summed E-state index contributed by atoms with van der Waals surface area (Å²) in [6.45, 7) is 6.06. The van der Waals surface area contributed by atoms with Gasteiger partial charge in [0.2, 0.25) is 0 Å². The molecule has 0 radical (unpaired) electrons. The summed E-state index contributed by atoms with van der Waals surface area (Å²) in [7, 11) is 0. The number of halogens is 1. The van der Waals surface area contributed by atoms with E-state index in [0.29, 0.717) is 30.6 Å². The van der Waals surface area contributed by atoms with Gasteiger partial charge in [-0.15, -0.1) is 11.6 Å². The summed E-state index contributed by atoms with van der Waals surface area (Å²) in [6, 6.07) is 7.23. The molecule has 118 valence electrons. The molecule has 0 atom stereocenters. The Morgan fingerprint density at radius 2 is 1.95 bits per heavy atom. The molecule has 0 aromatic heterocycles. The first-order valence-corrected chi connectivity index (χ1v) is 7.68. The first-order chi connectivity index (χ1) is 9.99. The summed E-state index contributed by atoms with van der Waals surface area (Å²) in [6.07, 6.45) is 1.83. The number of alkyl halides is 1. The fraction of sp³-hybridized carbons (Fsp3) is 0.562. The lowest BCUT2D eigenvalue weighted by molar-refractivity contribution is -0.158. The molecule has 0 heterocycles. The van der Waals surface area contributed by atoms with E-state index in [0.717, 1.165) is 12.8 Å². The zero-order valence-electron chi connectivity index (χ0n) is 12.9. The van der Waals surface area contributed by atoms with E-state index in [-0.39, 0.29) is 0 Å². The summed E-state index contributed by atoms with van der Waals surface area (Å²) >= 11 is 5.62. The number of carbonyl (C=O) groups excluding carboxylic acids is 1. The quantitative estimate of drug-likeness (QED) is 0.395. The predicted molar refractivity (Wildman–Crippen MR) is 83.2 cm³/mol. The number of hydrogen-bond acceptors (Lipinski definition) is 4. The molecule has 0 amide bonds. The molecule has 21 heavy (non-hydrogen) atoms. The third-order valence-corrected chi connectivity index (χ3v) is 3.01. The first kappa shape index (κ1) is 17.6. The number of rotatable bonds is 9. The van der Waals surface area contributed by atoms with E-state index in [4.69, 9.17) is 25.8 Å². The second-order valence-corrected chi connectivity index (χ2v) is 5.43. The average Bonchev–Trinajstić information content (AvgIpc) is 2.44. The Labute approximate surface area is 131 Å². The van der Waals surface area contributed by atoms with Crippen LogP contribution >= 0.6 is 11.6 Å². The Balaban J connectivity index is 2.61. The largest absolute Gasteiger partial charge is 0.493 e. The molecular weight excluding hydrogens is 292 g/mol. The maximum atomic E-state index is 11.8. The lowest BCUT2D eigenvalue weighted by atomic mass is 10.1. The van der Waals surface area contributed by atoms with Crippen molar-refractivity contribution in [1.29, 1.82) is 0 Å². The van der Waals surface area contributed by atoms with Crippen molar-refractivity contribution in [3.8, 4) is 11.5 Å². The number of ether oxygens (including phenoxy) is 3. The smallest absolute Gasteiger partial charge is 0.349 e. The van der Waals surface area contributed by atoms with Crippen LogP contribution in [0, 0.1) is 0 Å². The van der Waals surface area contributed by atoms with Gasteiger partial charge in [0.15, 0.2) is 5.60 Å². The second-order valence-electron chi connectivity index (χ2n) is 5.05. The van der Waals surface area contributed by atoms with Gasteiger partial charge in [0.1, 0.15) is 11.5 Å². The molecule has 0 saturated heterocycles. The van der Waals surface area contributed by atoms with E-state index >= 15 is 0 Å². The molecule has 0 bridgehead atoms. The number of hydrogen-bond donors (Lipinski definition) is 0. The van der Waals surface area contributed by atoms with Crippen molar-refractivity contribution >= 4 is 17.6 Å². The molecule has 0 spiro atoms. The summed E-state index contributed by atoms with van der Waals surface area (Å²) in [5.41, 5.74) is -1.03. The molecule has 5 heteroatoms. The SMILES string of the molecule is CCOC(=O)C(C)(C)Oc1cccc(OCCCCCl)c1. The standard InChI is InChI=1S/C16H23ClO4/c1-4-19-15(18)16(2,3)21-14-9-7-8-13(12-14)20-11-6-5-10-17/h7-9,12H,4-6,10-11H2,1-3H3. The van der Waals surface area contributed by atoms with Crippen LogP contribution in [0.5, 0.6) is 11.5 Å². The van der Waals surface area contributed by atoms with Gasteiger partial charge in [-0.2, -0.15) is 0 Å². The van der Waals surface area contributed by atoms with Gasteiger partial charge >= 0.3 is 5.97 Å². The molecule has 0 N–H and O–H groups in total. The zero-order valence-corrected chi connectivity index (χ0v) is 13.6. The topological polar surface area (TPSA) is 44.8 Å². The van der Waals surface area contributed by atoms with Crippen LogP contribution in [0.3, 0.4) is 0 Å². The van der Waals surface area contributed by atoms with Crippen LogP contribution in [0.1, 0.15) is 33.6 Å². The molecule has 1 aromatic carbocycles. The highest BCUT2D eigenvalue weighted by Crippen LogP contribution is 2.24. The van der Waals surface area contributed by atoms with Crippen LogP contribution in [0.2, 0.25) is 0 Å². The van der Waals surface area contributed by atoms with E-state index < -0.39 is 11.6 Å². The highest BCUT2D eigenvalue weighted by molar-refractivity contribution is 6.17. The van der Waals surface area contributed by atoms with Crippen molar-refractivity contribution < 1.29 is 19.0 Å². The summed E-state index contributed by atoms with van der Waals surface area (Å²) < 4.78 is 16.3. The maximum absolute atomic E-state index is 11.8. The van der Waals surface area contributed by atoms with Crippen molar-refractivity contribution in [1.82, 2.24) is 0 Å². The van der Waals surface area contributed by atoms with Crippen LogP contribution in [0.25, 0.3) is 0 Å². The van der Waals surface area contributed by atoms with E-state index in [1.165, 1.54) is 0 Å². The van der Waals surface area contributed by atoms with Crippen LogP contribution in [-0.4, -0.2) is 30.7 Å². The van der Waals surface area contributed by atoms with Crippen LogP contribution < -0.4 is 9.47 Å². The number of benzene rings is 1. The van der Waals surface area contributed by atoms with E-state index in [1.54, 1.807) is 32.9 Å². The summed E-state index contributed by atoms with van der Waals surface area (Å²) in [4.78, 5) is 11.8. The molecule has 0 aliphatic rings. The van der Waals surface area contributed by atoms with Gasteiger partial charge < -0.3 is 14.2 Å². The molecule has 0 unspecified atom stereocenters. The van der Waals surface area contributed by atoms with Crippen molar-refractivity contribution in [3.63, 3.8) is 0 Å². The molecule has 0 aliphatic heterocycles. The third kappa shape index (κ3) is 6.25. The van der Waals surface area contributed by atoms with Gasteiger partial charge in [0.05, 0.1) is 13.2 Å². The normalized spacial score (nSPS) is 11.0. The summed E-state index contributed by atoms with van der Waals surface area (Å²) in [5, 5.41) is 0. The third-order valence-electron chi connectivity index (χ3n) is 2.74. The summed E-state index contributed by atoms with van der Waals surface area (Å²) in [5.74, 6) is 1.53. The van der Waals surface area contributed by atoms with Gasteiger partial charge in [-0.25, -0.2) is 4.79 Å². The Morgan fingerprint density at radius 3 is 2.62 bits per heavy atom. The Kier molecular flexibility index (Phi) is 7.37. The van der Waals surface area contributed by atoms with Gasteiger partial charge in [-0.3, -0.25) is 0 Å². The lowest BCUT2D eigenvalue weighted by Crippen LogP contribution is -2.39. The zero-order chi connectivity index (χ0) is 15.7. The van der Waals surface area contributed by atoms with Gasteiger partial charge in [0.25, 0.3) is 0 Å². The number of esters is 1. The molecule has 0 saturated carbocycles. The minimum Gasteiger partial charge on any atom is -0.493 e. The molecule has 4 nitrogen and oxygen atoms in total. The van der Waals surface area contributed by atoms with Crippen LogP contribution in [0.4, 0.5) is 0 Å². The van der Waals surface area contributed by atoms with Crippen molar-refractivity contribution in [2.24, 2.45) is 0 Å². The van der Waals surface area contributed by atoms with Crippen LogP contribution in [-0.2, 0) is 9.53 Å². The van der Waals surface area contributed by atoms with E-state index in [1.807, 2.05) is 12.1 Å². The van der Waals surface area contributed by atoms with Gasteiger partial charge in [-0.1, -0.05) is 6.07 Å². The molecular formula is C16H23ClO4. The Hall–Kier alpha value is -1.42. The van der Waals surface area contributed by atoms with Crippen molar-refractivity contribution in [2.75, 3.05) is 19.1 Å². The lowest BCUT2D eigenvalue weighted by Gasteiger charge is -2.24. The predicted octanol–water partition coefficient (Wildman–Crippen LogP) is 3.80. The van der Waals surface area contributed by atoms with Crippen LogP contribution in [0.15, 0.2) is 24.3 Å². The average molecular weight is 315 g/mol. The van der Waals surface area contributed by atoms with E-state index in [2.05, 4.69) is 0 Å². The van der Waals surface area contributed by atoms with Gasteiger partial charge in [-0.05, 0) is 45.7 Å². The Bertz CT molecular complexity index is 446. The molecule has 0 fully saturated rings. The monoisotopic (exact) mass is 314 g/mol. The number of unbranched alkanes of at least 4 members (excludes halogenated alkanes) is 1. The van der Waals surface area contributed by atoms with Crippen molar-refractivity contribution in [2.45, 2.75) is 39.2 Å². The molecule has 1 aromatic rings. The fourth-order valence-electron chi connectivity index (χ4n) is 1.66. The highest BCUT2D eigenvalue weighted by atomic mass is 35.5. The number of carbonyl (C=O) groups is 1. The Morgan fingerprint density at radius 1 is 1.24 bits per heavy atom. The fourth-order valence-corrected chi connectivity index (χ4v) is 1.84. The minimum atomic E-state index is -1.03. The molecule has 0 aliphatic carbocycles. The molecule has 1 rings (SSSR count).